The Morgan fingerprint density at radius 2 is 1.91 bits per heavy atom. The molecule has 0 saturated carbocycles. The summed E-state index contributed by atoms with van der Waals surface area (Å²) in [5, 5.41) is 3.42. The number of rotatable bonds is 4. The quantitative estimate of drug-likeness (QED) is 0.853. The lowest BCUT2D eigenvalue weighted by Crippen LogP contribution is -2.43. The van der Waals surface area contributed by atoms with Crippen molar-refractivity contribution in [1.82, 2.24) is 10.2 Å². The second-order valence-corrected chi connectivity index (χ2v) is 7.46. The van der Waals surface area contributed by atoms with Gasteiger partial charge >= 0.3 is 0 Å². The molecule has 1 aliphatic carbocycles. The second kappa shape index (κ2) is 6.93. The maximum Gasteiger partial charge on any atom is 0.0323 e. The molecule has 1 N–H and O–H groups in total. The van der Waals surface area contributed by atoms with Crippen LogP contribution in [0, 0.1) is 5.41 Å². The zero-order chi connectivity index (χ0) is 15.4. The van der Waals surface area contributed by atoms with E-state index < -0.39 is 0 Å². The number of hydrogen-bond acceptors (Lipinski definition) is 3. The van der Waals surface area contributed by atoms with Gasteiger partial charge in [0.25, 0.3) is 0 Å². The Bertz CT molecular complexity index is 555. The molecule has 118 valence electrons. The number of allylic oxidation sites excluding steroid dienone is 3. The summed E-state index contributed by atoms with van der Waals surface area (Å²) in [6.07, 6.45) is 11.6. The van der Waals surface area contributed by atoms with Gasteiger partial charge in [0, 0.05) is 36.8 Å². The first-order valence-electron chi connectivity index (χ1n) is 8.17. The Morgan fingerprint density at radius 3 is 2.50 bits per heavy atom. The fraction of sp³-hybridized carbons (Fsp3) is 0.474. The third-order valence-electron chi connectivity index (χ3n) is 4.68. The summed E-state index contributed by atoms with van der Waals surface area (Å²) >= 11 is 1.80. The minimum Gasteiger partial charge on any atom is -0.369 e. The maximum absolute atomic E-state index is 3.42. The van der Waals surface area contributed by atoms with Gasteiger partial charge in [-0.1, -0.05) is 31.2 Å². The van der Waals surface area contributed by atoms with E-state index in [1.807, 2.05) is 0 Å². The highest BCUT2D eigenvalue weighted by Crippen LogP contribution is 2.34. The predicted octanol–water partition coefficient (Wildman–Crippen LogP) is 3.71. The van der Waals surface area contributed by atoms with E-state index in [0.717, 1.165) is 39.0 Å². The van der Waals surface area contributed by atoms with Crippen molar-refractivity contribution in [2.24, 2.45) is 5.41 Å². The molecule has 2 aliphatic rings. The van der Waals surface area contributed by atoms with Crippen LogP contribution < -0.4 is 5.32 Å². The molecule has 2 nitrogen and oxygen atoms in total. The molecular weight excluding hydrogens is 288 g/mol. The molecule has 0 aromatic heterocycles. The van der Waals surface area contributed by atoms with Gasteiger partial charge in [0.05, 0.1) is 0 Å². The summed E-state index contributed by atoms with van der Waals surface area (Å²) < 4.78 is 0. The van der Waals surface area contributed by atoms with Crippen molar-refractivity contribution < 1.29 is 0 Å². The number of benzene rings is 1. The fourth-order valence-corrected chi connectivity index (χ4v) is 3.67. The SMILES string of the molecule is CSc1ccc(CC2(C)C=CC(N3CCNCC3)=CC2)cc1. The number of nitrogens with zero attached hydrogens (tertiary/aromatic N) is 1. The van der Waals surface area contributed by atoms with Crippen LogP contribution in [0.15, 0.2) is 53.1 Å². The molecule has 1 unspecified atom stereocenters. The molecule has 0 amide bonds. The van der Waals surface area contributed by atoms with E-state index in [9.17, 15) is 0 Å². The molecule has 0 spiro atoms. The zero-order valence-corrected chi connectivity index (χ0v) is 14.5. The summed E-state index contributed by atoms with van der Waals surface area (Å²) in [6, 6.07) is 9.02. The van der Waals surface area contributed by atoms with Gasteiger partial charge in [-0.15, -0.1) is 11.8 Å². The molecule has 3 rings (SSSR count). The van der Waals surface area contributed by atoms with E-state index in [0.29, 0.717) is 0 Å². The fourth-order valence-electron chi connectivity index (χ4n) is 3.26. The molecule has 1 heterocycles. The topological polar surface area (TPSA) is 15.3 Å². The van der Waals surface area contributed by atoms with Gasteiger partial charge < -0.3 is 10.2 Å². The van der Waals surface area contributed by atoms with Crippen LogP contribution in [-0.2, 0) is 6.42 Å². The van der Waals surface area contributed by atoms with Crippen molar-refractivity contribution >= 4 is 11.8 Å². The monoisotopic (exact) mass is 314 g/mol. The van der Waals surface area contributed by atoms with Gasteiger partial charge in [-0.2, -0.15) is 0 Å². The number of piperazine rings is 1. The molecular formula is C19H26N2S. The van der Waals surface area contributed by atoms with Crippen LogP contribution in [0.3, 0.4) is 0 Å². The molecule has 1 fully saturated rings. The lowest BCUT2D eigenvalue weighted by molar-refractivity contribution is 0.299. The third kappa shape index (κ3) is 3.76. The van der Waals surface area contributed by atoms with Gasteiger partial charge in [-0.3, -0.25) is 0 Å². The number of thioether (sulfide) groups is 1. The molecule has 0 radical (unpaired) electrons. The molecule has 1 saturated heterocycles. The average Bonchev–Trinajstić information content (AvgIpc) is 2.57. The van der Waals surface area contributed by atoms with Crippen LogP contribution in [0.1, 0.15) is 18.9 Å². The van der Waals surface area contributed by atoms with E-state index in [2.05, 4.69) is 65.9 Å². The minimum absolute atomic E-state index is 0.248. The van der Waals surface area contributed by atoms with Crippen LogP contribution in [0.4, 0.5) is 0 Å². The van der Waals surface area contributed by atoms with Gasteiger partial charge in [-0.25, -0.2) is 0 Å². The van der Waals surface area contributed by atoms with Crippen molar-refractivity contribution in [3.63, 3.8) is 0 Å². The van der Waals surface area contributed by atoms with Crippen molar-refractivity contribution in [3.8, 4) is 0 Å². The number of nitrogens with one attached hydrogen (secondary N) is 1. The van der Waals surface area contributed by atoms with Crippen molar-refractivity contribution in [3.05, 3.63) is 53.8 Å². The van der Waals surface area contributed by atoms with Gasteiger partial charge in [-0.05, 0) is 48.3 Å². The average molecular weight is 314 g/mol. The zero-order valence-electron chi connectivity index (χ0n) is 13.6. The van der Waals surface area contributed by atoms with Crippen LogP contribution >= 0.6 is 11.8 Å². The van der Waals surface area contributed by atoms with Crippen molar-refractivity contribution in [1.29, 1.82) is 0 Å². The molecule has 22 heavy (non-hydrogen) atoms. The van der Waals surface area contributed by atoms with Crippen LogP contribution in [0.2, 0.25) is 0 Å². The summed E-state index contributed by atoms with van der Waals surface area (Å²) in [5.41, 5.74) is 3.10. The molecule has 1 aromatic carbocycles. The normalized spacial score (nSPS) is 25.2. The van der Waals surface area contributed by atoms with Gasteiger partial charge in [0.2, 0.25) is 0 Å². The molecule has 3 heteroatoms. The number of hydrogen-bond donors (Lipinski definition) is 1. The predicted molar refractivity (Wildman–Crippen MR) is 96.3 cm³/mol. The summed E-state index contributed by atoms with van der Waals surface area (Å²) in [6.45, 7) is 6.83. The van der Waals surface area contributed by atoms with Crippen molar-refractivity contribution in [2.45, 2.75) is 24.7 Å². The summed E-state index contributed by atoms with van der Waals surface area (Å²) in [4.78, 5) is 3.84. The summed E-state index contributed by atoms with van der Waals surface area (Å²) in [5.74, 6) is 0. The highest BCUT2D eigenvalue weighted by atomic mass is 32.2. The Balaban J connectivity index is 1.63. The molecule has 1 aromatic rings. The first-order valence-corrected chi connectivity index (χ1v) is 9.39. The standard InChI is InChI=1S/C19H26N2S/c1-19(15-16-3-5-18(22-2)6-4-16)9-7-17(8-10-19)21-13-11-20-12-14-21/h3-9,20H,10-15H2,1-2H3. The van der Waals surface area contributed by atoms with E-state index in [4.69, 9.17) is 0 Å². The molecule has 1 atom stereocenters. The van der Waals surface area contributed by atoms with E-state index in [1.165, 1.54) is 16.2 Å². The Hall–Kier alpha value is -1.19. The van der Waals surface area contributed by atoms with E-state index in [-0.39, 0.29) is 5.41 Å². The Labute approximate surface area is 138 Å². The van der Waals surface area contributed by atoms with Crippen LogP contribution in [0.5, 0.6) is 0 Å². The molecule has 1 aliphatic heterocycles. The largest absolute Gasteiger partial charge is 0.369 e. The van der Waals surface area contributed by atoms with E-state index >= 15 is 0 Å². The Kier molecular flexibility index (Phi) is 4.94. The Morgan fingerprint density at radius 1 is 1.18 bits per heavy atom. The third-order valence-corrected chi connectivity index (χ3v) is 5.43. The van der Waals surface area contributed by atoms with Crippen LogP contribution in [0.25, 0.3) is 0 Å². The molecule has 0 bridgehead atoms. The smallest absolute Gasteiger partial charge is 0.0323 e. The lowest BCUT2D eigenvalue weighted by Gasteiger charge is -2.35. The lowest BCUT2D eigenvalue weighted by atomic mass is 9.78. The van der Waals surface area contributed by atoms with Gasteiger partial charge in [0.1, 0.15) is 0 Å². The maximum atomic E-state index is 3.42. The van der Waals surface area contributed by atoms with E-state index in [1.54, 1.807) is 11.8 Å². The highest BCUT2D eigenvalue weighted by molar-refractivity contribution is 7.98. The minimum atomic E-state index is 0.248. The highest BCUT2D eigenvalue weighted by Gasteiger charge is 2.24. The first kappa shape index (κ1) is 15.7. The summed E-state index contributed by atoms with van der Waals surface area (Å²) in [7, 11) is 0. The van der Waals surface area contributed by atoms with Crippen molar-refractivity contribution in [2.75, 3.05) is 32.4 Å². The second-order valence-electron chi connectivity index (χ2n) is 6.58. The van der Waals surface area contributed by atoms with Crippen LogP contribution in [-0.4, -0.2) is 37.3 Å². The van der Waals surface area contributed by atoms with Gasteiger partial charge in [0.15, 0.2) is 0 Å². The first-order chi connectivity index (χ1) is 10.7.